The van der Waals surface area contributed by atoms with E-state index in [4.69, 9.17) is 15.3 Å². The summed E-state index contributed by atoms with van der Waals surface area (Å²) in [5.74, 6) is 6.62. The summed E-state index contributed by atoms with van der Waals surface area (Å²) >= 11 is 0. The number of hydrogen-bond donors (Lipinski definition) is 2. The first-order valence-corrected chi connectivity index (χ1v) is 6.89. The number of nitrogens with one attached hydrogen (secondary N) is 1. The molecule has 3 unspecified atom stereocenters. The lowest BCUT2D eigenvalue weighted by atomic mass is 9.98. The van der Waals surface area contributed by atoms with Crippen molar-refractivity contribution < 1.29 is 9.47 Å². The number of aryl methyl sites for hydroxylation is 1. The van der Waals surface area contributed by atoms with Crippen molar-refractivity contribution in [2.45, 2.75) is 51.4 Å². The van der Waals surface area contributed by atoms with E-state index < -0.39 is 0 Å². The van der Waals surface area contributed by atoms with E-state index in [1.54, 1.807) is 7.11 Å². The molecule has 0 radical (unpaired) electrons. The zero-order valence-corrected chi connectivity index (χ0v) is 12.0. The predicted octanol–water partition coefficient (Wildman–Crippen LogP) is 1.95. The summed E-state index contributed by atoms with van der Waals surface area (Å²) in [6.07, 6.45) is 3.50. The fourth-order valence-corrected chi connectivity index (χ4v) is 2.73. The van der Waals surface area contributed by atoms with Crippen molar-refractivity contribution in [1.82, 2.24) is 5.43 Å². The molecule has 1 aliphatic heterocycles. The highest BCUT2D eigenvalue weighted by atomic mass is 16.5. The van der Waals surface area contributed by atoms with Crippen molar-refractivity contribution in [3.8, 4) is 5.75 Å². The van der Waals surface area contributed by atoms with Gasteiger partial charge >= 0.3 is 0 Å². The number of benzene rings is 1. The van der Waals surface area contributed by atoms with E-state index in [0.29, 0.717) is 6.10 Å². The second kappa shape index (κ2) is 6.37. The normalized spacial score (nSPS) is 24.4. The summed E-state index contributed by atoms with van der Waals surface area (Å²) < 4.78 is 11.3. The minimum Gasteiger partial charge on any atom is -0.496 e. The quantitative estimate of drug-likeness (QED) is 0.630. The second-order valence-corrected chi connectivity index (χ2v) is 5.36. The highest BCUT2D eigenvalue weighted by Crippen LogP contribution is 2.26. The molecule has 4 heteroatoms. The molecule has 1 aromatic carbocycles. The number of methoxy groups -OCH3 is 1. The maximum absolute atomic E-state index is 5.91. The lowest BCUT2D eigenvalue weighted by molar-refractivity contribution is 0.0319. The summed E-state index contributed by atoms with van der Waals surface area (Å²) in [7, 11) is 1.70. The fraction of sp³-hybridized carbons (Fsp3) is 0.600. The van der Waals surface area contributed by atoms with Crippen LogP contribution in [-0.2, 0) is 11.2 Å². The Bertz CT molecular complexity index is 423. The minimum absolute atomic E-state index is 0.126. The Morgan fingerprint density at radius 2 is 2.26 bits per heavy atom. The first-order valence-electron chi connectivity index (χ1n) is 6.89. The van der Waals surface area contributed by atoms with Crippen molar-refractivity contribution in [3.63, 3.8) is 0 Å². The lowest BCUT2D eigenvalue weighted by Gasteiger charge is -2.24. The van der Waals surface area contributed by atoms with E-state index >= 15 is 0 Å². The molecule has 0 spiro atoms. The summed E-state index contributed by atoms with van der Waals surface area (Å²) in [5, 5.41) is 0. The molecule has 106 valence electrons. The van der Waals surface area contributed by atoms with Gasteiger partial charge in [-0.15, -0.1) is 0 Å². The van der Waals surface area contributed by atoms with Crippen molar-refractivity contribution in [3.05, 3.63) is 29.3 Å². The molecule has 3 atom stereocenters. The third-order valence-corrected chi connectivity index (χ3v) is 3.80. The van der Waals surface area contributed by atoms with Gasteiger partial charge in [0.2, 0.25) is 0 Å². The monoisotopic (exact) mass is 264 g/mol. The summed E-state index contributed by atoms with van der Waals surface area (Å²) in [5.41, 5.74) is 5.31. The molecule has 1 fully saturated rings. The van der Waals surface area contributed by atoms with E-state index in [2.05, 4.69) is 31.4 Å². The van der Waals surface area contributed by atoms with Gasteiger partial charge in [0.1, 0.15) is 5.75 Å². The van der Waals surface area contributed by atoms with Crippen LogP contribution in [0, 0.1) is 6.92 Å². The maximum atomic E-state index is 5.91. The van der Waals surface area contributed by atoms with Crippen molar-refractivity contribution in [2.75, 3.05) is 7.11 Å². The van der Waals surface area contributed by atoms with Crippen LogP contribution in [0.15, 0.2) is 18.2 Å². The predicted molar refractivity (Wildman–Crippen MR) is 76.1 cm³/mol. The molecule has 1 aliphatic rings. The zero-order valence-electron chi connectivity index (χ0n) is 12.0. The third-order valence-electron chi connectivity index (χ3n) is 3.80. The standard InChI is InChI=1S/C15H24N2O2/c1-10-4-6-14(18-3)12(8-10)9-13(17-16)15-7-5-11(2)19-15/h4,6,8,11,13,15,17H,5,7,9,16H2,1-3H3. The van der Waals surface area contributed by atoms with Crippen LogP contribution in [0.2, 0.25) is 0 Å². The Morgan fingerprint density at radius 1 is 1.47 bits per heavy atom. The van der Waals surface area contributed by atoms with E-state index in [1.165, 1.54) is 11.1 Å². The molecule has 0 amide bonds. The zero-order chi connectivity index (χ0) is 13.8. The molecule has 0 aliphatic carbocycles. The molecule has 4 nitrogen and oxygen atoms in total. The highest BCUT2D eigenvalue weighted by Gasteiger charge is 2.29. The Morgan fingerprint density at radius 3 is 2.84 bits per heavy atom. The van der Waals surface area contributed by atoms with Gasteiger partial charge in [-0.1, -0.05) is 17.7 Å². The molecule has 19 heavy (non-hydrogen) atoms. The SMILES string of the molecule is COc1ccc(C)cc1CC(NN)C1CCC(C)O1. The van der Waals surface area contributed by atoms with Gasteiger partial charge in [0.05, 0.1) is 25.4 Å². The molecule has 0 bridgehead atoms. The van der Waals surface area contributed by atoms with Crippen LogP contribution < -0.4 is 16.0 Å². The van der Waals surface area contributed by atoms with Gasteiger partial charge in [-0.05, 0) is 44.7 Å². The number of hydrazine groups is 1. The van der Waals surface area contributed by atoms with Gasteiger partial charge in [-0.2, -0.15) is 0 Å². The molecular formula is C15H24N2O2. The largest absolute Gasteiger partial charge is 0.496 e. The Labute approximate surface area is 115 Å². The Kier molecular flexibility index (Phi) is 4.80. The summed E-state index contributed by atoms with van der Waals surface area (Å²) in [6.45, 7) is 4.20. The van der Waals surface area contributed by atoms with E-state index in [-0.39, 0.29) is 12.1 Å². The molecule has 0 saturated carbocycles. The molecular weight excluding hydrogens is 240 g/mol. The molecule has 1 saturated heterocycles. The van der Waals surface area contributed by atoms with Gasteiger partial charge in [0, 0.05) is 0 Å². The van der Waals surface area contributed by atoms with Crippen LogP contribution in [0.4, 0.5) is 0 Å². The highest BCUT2D eigenvalue weighted by molar-refractivity contribution is 5.37. The van der Waals surface area contributed by atoms with Crippen molar-refractivity contribution >= 4 is 0 Å². The first kappa shape index (κ1) is 14.3. The third kappa shape index (κ3) is 3.47. The number of nitrogens with two attached hydrogens (primary N) is 1. The molecule has 3 N–H and O–H groups in total. The fourth-order valence-electron chi connectivity index (χ4n) is 2.73. The van der Waals surface area contributed by atoms with Gasteiger partial charge < -0.3 is 9.47 Å². The molecule has 0 aromatic heterocycles. The number of rotatable bonds is 5. The Hall–Kier alpha value is -1.10. The van der Waals surface area contributed by atoms with E-state index in [1.807, 2.05) is 6.07 Å². The minimum atomic E-state index is 0.126. The van der Waals surface area contributed by atoms with E-state index in [0.717, 1.165) is 25.0 Å². The van der Waals surface area contributed by atoms with Gasteiger partial charge in [0.15, 0.2) is 0 Å². The van der Waals surface area contributed by atoms with Crippen LogP contribution in [0.3, 0.4) is 0 Å². The molecule has 1 aromatic rings. The Balaban J connectivity index is 2.11. The molecule has 1 heterocycles. The smallest absolute Gasteiger partial charge is 0.122 e. The van der Waals surface area contributed by atoms with Crippen LogP contribution >= 0.6 is 0 Å². The second-order valence-electron chi connectivity index (χ2n) is 5.36. The van der Waals surface area contributed by atoms with Crippen molar-refractivity contribution in [1.29, 1.82) is 0 Å². The average Bonchev–Trinajstić information content (AvgIpc) is 2.82. The summed E-state index contributed by atoms with van der Waals surface area (Å²) in [4.78, 5) is 0. The van der Waals surface area contributed by atoms with Crippen LogP contribution in [0.25, 0.3) is 0 Å². The number of hydrogen-bond acceptors (Lipinski definition) is 4. The molecule has 2 rings (SSSR count). The van der Waals surface area contributed by atoms with Crippen molar-refractivity contribution in [2.24, 2.45) is 5.84 Å². The van der Waals surface area contributed by atoms with Gasteiger partial charge in [-0.25, -0.2) is 0 Å². The topological polar surface area (TPSA) is 56.5 Å². The lowest BCUT2D eigenvalue weighted by Crippen LogP contribution is -2.45. The van der Waals surface area contributed by atoms with Crippen LogP contribution in [0.1, 0.15) is 30.9 Å². The average molecular weight is 264 g/mol. The number of ether oxygens (including phenoxy) is 2. The van der Waals surface area contributed by atoms with Gasteiger partial charge in [0.25, 0.3) is 0 Å². The van der Waals surface area contributed by atoms with Crippen LogP contribution in [0.5, 0.6) is 5.75 Å². The van der Waals surface area contributed by atoms with Gasteiger partial charge in [-0.3, -0.25) is 11.3 Å². The maximum Gasteiger partial charge on any atom is 0.122 e. The summed E-state index contributed by atoms with van der Waals surface area (Å²) in [6, 6.07) is 6.35. The first-order chi connectivity index (χ1) is 9.13. The van der Waals surface area contributed by atoms with Crippen LogP contribution in [-0.4, -0.2) is 25.4 Å². The van der Waals surface area contributed by atoms with E-state index in [9.17, 15) is 0 Å².